The summed E-state index contributed by atoms with van der Waals surface area (Å²) < 4.78 is 0. The van der Waals surface area contributed by atoms with Crippen LogP contribution in [0.5, 0.6) is 0 Å². The van der Waals surface area contributed by atoms with Gasteiger partial charge in [0.15, 0.2) is 0 Å². The topological polar surface area (TPSA) is 29.1 Å². The van der Waals surface area contributed by atoms with Crippen LogP contribution in [0.1, 0.15) is 18.4 Å². The van der Waals surface area contributed by atoms with E-state index in [1.807, 2.05) is 24.3 Å². The number of benzene rings is 1. The summed E-state index contributed by atoms with van der Waals surface area (Å²) in [4.78, 5) is 11.8. The fraction of sp³-hybridized carbons (Fsp3) is 0.400. The van der Waals surface area contributed by atoms with Crippen molar-refractivity contribution >= 4 is 19.7 Å². The molecule has 2 rings (SSSR count). The van der Waals surface area contributed by atoms with E-state index >= 15 is 0 Å². The second-order valence-electron chi connectivity index (χ2n) is 5.81. The maximum absolute atomic E-state index is 11.8. The molecule has 0 aromatic heterocycles. The average molecular weight is 257 g/mol. The monoisotopic (exact) mass is 257 g/mol. The van der Waals surface area contributed by atoms with Crippen LogP contribution in [-0.2, 0) is 4.79 Å². The highest BCUT2D eigenvalue weighted by molar-refractivity contribution is 6.83. The van der Waals surface area contributed by atoms with Gasteiger partial charge in [0.05, 0.1) is 5.69 Å². The summed E-state index contributed by atoms with van der Waals surface area (Å²) >= 11 is 0. The number of anilines is 1. The Morgan fingerprint density at radius 1 is 1.28 bits per heavy atom. The van der Waals surface area contributed by atoms with Crippen LogP contribution >= 0.6 is 0 Å². The number of carbonyl (C=O) groups is 1. The zero-order valence-electron chi connectivity index (χ0n) is 11.2. The van der Waals surface area contributed by atoms with Crippen LogP contribution < -0.4 is 5.32 Å². The Hall–Kier alpha value is -1.53. The molecule has 0 radical (unpaired) electrons. The smallest absolute Gasteiger partial charge is 0.227 e. The molecule has 3 heteroatoms. The lowest BCUT2D eigenvalue weighted by molar-refractivity contribution is -0.117. The van der Waals surface area contributed by atoms with Crippen molar-refractivity contribution in [3.05, 3.63) is 29.8 Å². The molecule has 1 aliphatic rings. The lowest BCUT2D eigenvalue weighted by Gasteiger charge is -2.08. The minimum absolute atomic E-state index is 0.136. The van der Waals surface area contributed by atoms with Crippen LogP contribution in [0.2, 0.25) is 19.6 Å². The van der Waals surface area contributed by atoms with Crippen LogP contribution in [0.3, 0.4) is 0 Å². The number of para-hydroxylation sites is 1. The van der Waals surface area contributed by atoms with E-state index in [1.165, 1.54) is 0 Å². The van der Waals surface area contributed by atoms with E-state index in [-0.39, 0.29) is 11.8 Å². The van der Waals surface area contributed by atoms with Gasteiger partial charge >= 0.3 is 0 Å². The van der Waals surface area contributed by atoms with Crippen molar-refractivity contribution in [2.24, 2.45) is 5.92 Å². The molecule has 0 spiro atoms. The van der Waals surface area contributed by atoms with E-state index in [4.69, 9.17) is 0 Å². The summed E-state index contributed by atoms with van der Waals surface area (Å²) in [5.41, 5.74) is 5.11. The fourth-order valence-corrected chi connectivity index (χ4v) is 2.05. The van der Waals surface area contributed by atoms with Crippen molar-refractivity contribution in [3.8, 4) is 11.5 Å². The Bertz CT molecular complexity index is 515. The van der Waals surface area contributed by atoms with Crippen LogP contribution in [0.25, 0.3) is 0 Å². The molecule has 1 aliphatic carbocycles. The molecule has 0 bridgehead atoms. The van der Waals surface area contributed by atoms with E-state index in [1.54, 1.807) is 0 Å². The van der Waals surface area contributed by atoms with Gasteiger partial charge in [-0.05, 0) is 25.0 Å². The molecule has 1 N–H and O–H groups in total. The normalized spacial score (nSPS) is 14.6. The summed E-state index contributed by atoms with van der Waals surface area (Å²) in [7, 11) is -1.39. The SMILES string of the molecule is C[Si](C)(C)C#Cc1ccccc1NC(=O)C1CC1. The van der Waals surface area contributed by atoms with E-state index in [0.29, 0.717) is 0 Å². The number of hydrogen-bond acceptors (Lipinski definition) is 1. The van der Waals surface area contributed by atoms with E-state index in [2.05, 4.69) is 36.4 Å². The summed E-state index contributed by atoms with van der Waals surface area (Å²) in [5, 5.41) is 2.98. The average Bonchev–Trinajstić information content (AvgIpc) is 3.10. The van der Waals surface area contributed by atoms with Gasteiger partial charge in [0.2, 0.25) is 5.91 Å². The minimum atomic E-state index is -1.39. The molecule has 1 saturated carbocycles. The molecule has 0 atom stereocenters. The Morgan fingerprint density at radius 2 is 1.94 bits per heavy atom. The molecule has 1 aromatic rings. The van der Waals surface area contributed by atoms with Crippen LogP contribution in [-0.4, -0.2) is 14.0 Å². The predicted octanol–water partition coefficient (Wildman–Crippen LogP) is 3.26. The first-order chi connectivity index (χ1) is 8.46. The van der Waals surface area contributed by atoms with Crippen molar-refractivity contribution in [3.63, 3.8) is 0 Å². The predicted molar refractivity (Wildman–Crippen MR) is 78.0 cm³/mol. The number of nitrogens with one attached hydrogen (secondary N) is 1. The molecule has 1 amide bonds. The van der Waals surface area contributed by atoms with Gasteiger partial charge in [0, 0.05) is 11.5 Å². The van der Waals surface area contributed by atoms with Gasteiger partial charge in [-0.25, -0.2) is 0 Å². The zero-order chi connectivity index (χ0) is 13.2. The van der Waals surface area contributed by atoms with Gasteiger partial charge in [0.25, 0.3) is 0 Å². The minimum Gasteiger partial charge on any atom is -0.325 e. The quantitative estimate of drug-likeness (QED) is 0.639. The van der Waals surface area contributed by atoms with Crippen molar-refractivity contribution in [1.82, 2.24) is 0 Å². The Kier molecular flexibility index (Phi) is 3.58. The maximum Gasteiger partial charge on any atom is 0.227 e. The van der Waals surface area contributed by atoms with Gasteiger partial charge in [-0.1, -0.05) is 37.7 Å². The van der Waals surface area contributed by atoms with E-state index in [0.717, 1.165) is 24.1 Å². The van der Waals surface area contributed by atoms with Gasteiger partial charge in [-0.2, -0.15) is 0 Å². The zero-order valence-corrected chi connectivity index (χ0v) is 12.2. The third-order valence-corrected chi connectivity index (χ3v) is 3.58. The maximum atomic E-state index is 11.8. The molecule has 94 valence electrons. The van der Waals surface area contributed by atoms with Gasteiger partial charge in [-0.3, -0.25) is 4.79 Å². The first kappa shape index (κ1) is 12.9. The molecule has 0 heterocycles. The second-order valence-corrected chi connectivity index (χ2v) is 10.6. The van der Waals surface area contributed by atoms with Crippen molar-refractivity contribution in [2.75, 3.05) is 5.32 Å². The van der Waals surface area contributed by atoms with Gasteiger partial charge < -0.3 is 5.32 Å². The van der Waals surface area contributed by atoms with Crippen molar-refractivity contribution < 1.29 is 4.79 Å². The number of carbonyl (C=O) groups excluding carboxylic acids is 1. The summed E-state index contributed by atoms with van der Waals surface area (Å²) in [5.74, 6) is 3.58. The number of amides is 1. The fourth-order valence-electron chi connectivity index (χ4n) is 1.54. The third kappa shape index (κ3) is 3.75. The number of rotatable bonds is 2. The third-order valence-electron chi connectivity index (χ3n) is 2.71. The van der Waals surface area contributed by atoms with Crippen LogP contribution in [0, 0.1) is 17.4 Å². The Labute approximate surface area is 110 Å². The lowest BCUT2D eigenvalue weighted by Crippen LogP contribution is -2.17. The van der Waals surface area contributed by atoms with E-state index in [9.17, 15) is 4.79 Å². The van der Waals surface area contributed by atoms with E-state index < -0.39 is 8.07 Å². The molecule has 0 aliphatic heterocycles. The summed E-state index contributed by atoms with van der Waals surface area (Å²) in [6, 6.07) is 7.79. The highest BCUT2D eigenvalue weighted by Gasteiger charge is 2.29. The molecule has 18 heavy (non-hydrogen) atoms. The highest BCUT2D eigenvalue weighted by atomic mass is 28.3. The van der Waals surface area contributed by atoms with Crippen molar-refractivity contribution in [2.45, 2.75) is 32.5 Å². The molecule has 2 nitrogen and oxygen atoms in total. The lowest BCUT2D eigenvalue weighted by atomic mass is 10.2. The molecular weight excluding hydrogens is 238 g/mol. The molecule has 0 saturated heterocycles. The molecular formula is C15H19NOSi. The van der Waals surface area contributed by atoms with Crippen LogP contribution in [0.15, 0.2) is 24.3 Å². The van der Waals surface area contributed by atoms with Gasteiger partial charge in [0.1, 0.15) is 8.07 Å². The summed E-state index contributed by atoms with van der Waals surface area (Å²) in [6.07, 6.45) is 2.04. The number of hydrogen-bond donors (Lipinski definition) is 1. The Balaban J connectivity index is 2.18. The molecule has 1 aromatic carbocycles. The van der Waals surface area contributed by atoms with Crippen LogP contribution in [0.4, 0.5) is 5.69 Å². The second kappa shape index (κ2) is 4.99. The standard InChI is InChI=1S/C15H19NOSi/c1-18(2,3)11-10-12-6-4-5-7-14(12)16-15(17)13-8-9-13/h4-7,13H,8-9H2,1-3H3,(H,16,17). The molecule has 1 fully saturated rings. The first-order valence-corrected chi connectivity index (χ1v) is 9.89. The molecule has 0 unspecified atom stereocenters. The van der Waals surface area contributed by atoms with Crippen molar-refractivity contribution in [1.29, 1.82) is 0 Å². The Morgan fingerprint density at radius 3 is 2.56 bits per heavy atom. The summed E-state index contributed by atoms with van der Waals surface area (Å²) in [6.45, 7) is 6.64. The highest BCUT2D eigenvalue weighted by Crippen LogP contribution is 2.30. The first-order valence-electron chi connectivity index (χ1n) is 6.39. The van der Waals surface area contributed by atoms with Gasteiger partial charge in [-0.15, -0.1) is 5.54 Å². The largest absolute Gasteiger partial charge is 0.325 e.